The number of nitrogens with one attached hydrogen (secondary N) is 1. The zero-order chi connectivity index (χ0) is 21.8. The number of aliphatic carboxylic acids is 1. The molecule has 160 valence electrons. The molecule has 1 unspecified atom stereocenters. The molecule has 10 heteroatoms. The van der Waals surface area contributed by atoms with Crippen LogP contribution in [0.2, 0.25) is 0 Å². The Kier molecular flexibility index (Phi) is 7.71. The lowest BCUT2D eigenvalue weighted by Gasteiger charge is -2.29. The summed E-state index contributed by atoms with van der Waals surface area (Å²) in [6, 6.07) is 5.50. The maximum atomic E-state index is 13.0. The molecule has 0 bridgehead atoms. The minimum absolute atomic E-state index is 0.00625. The normalized spacial score (nSPS) is 16.2. The van der Waals surface area contributed by atoms with E-state index in [-0.39, 0.29) is 18.9 Å². The van der Waals surface area contributed by atoms with Gasteiger partial charge in [0.15, 0.2) is 0 Å². The summed E-state index contributed by atoms with van der Waals surface area (Å²) in [4.78, 5) is 37.8. The highest BCUT2D eigenvalue weighted by Gasteiger charge is 2.40. The number of hydrogen-bond acceptors (Lipinski definition) is 7. The third kappa shape index (κ3) is 5.11. The zero-order valence-electron chi connectivity index (χ0n) is 17.0. The molecule has 1 aromatic carbocycles. The second kappa shape index (κ2) is 9.63. The van der Waals surface area contributed by atoms with Crippen molar-refractivity contribution in [2.45, 2.75) is 38.5 Å². The summed E-state index contributed by atoms with van der Waals surface area (Å²) in [6.45, 7) is 3.68. The minimum atomic E-state index is -3.72. The van der Waals surface area contributed by atoms with Gasteiger partial charge in [-0.15, -0.1) is 0 Å². The summed E-state index contributed by atoms with van der Waals surface area (Å²) in [6.07, 6.45) is 0.304. The van der Waals surface area contributed by atoms with E-state index in [9.17, 15) is 24.1 Å². The SMILES string of the molecule is COP(=O)(OC)[C@@H](CCN1C(=O)c2ccccc2C1=O)NC(CC(C)C)C(=O)O. The number of rotatable bonds is 11. The maximum Gasteiger partial charge on any atom is 0.346 e. The standard InChI is InChI=1S/C19H27N2O7P/c1-12(2)11-15(19(24)25)20-16(29(26,27-3)28-4)9-10-21-17(22)13-7-5-6-8-14(13)18(21)23/h5-8,12,15-16,20H,9-11H2,1-4H3,(H,24,25)/t15?,16-/m0/s1. The van der Waals surface area contributed by atoms with Crippen molar-refractivity contribution in [2.24, 2.45) is 5.92 Å². The van der Waals surface area contributed by atoms with Crippen LogP contribution in [0.1, 0.15) is 47.4 Å². The van der Waals surface area contributed by atoms with Crippen LogP contribution in [0.25, 0.3) is 0 Å². The van der Waals surface area contributed by atoms with Gasteiger partial charge in [0.25, 0.3) is 11.8 Å². The highest BCUT2D eigenvalue weighted by atomic mass is 31.2. The first-order valence-electron chi connectivity index (χ1n) is 9.29. The summed E-state index contributed by atoms with van der Waals surface area (Å²) in [7, 11) is -1.31. The van der Waals surface area contributed by atoms with E-state index < -0.39 is 37.2 Å². The summed E-state index contributed by atoms with van der Waals surface area (Å²) in [5.74, 6) is -2.91. The van der Waals surface area contributed by atoms with Crippen LogP contribution in [0.4, 0.5) is 0 Å². The van der Waals surface area contributed by atoms with Crippen molar-refractivity contribution < 1.29 is 33.1 Å². The molecule has 1 aromatic rings. The maximum absolute atomic E-state index is 13.0. The molecule has 2 amide bonds. The molecular formula is C19H27N2O7P. The van der Waals surface area contributed by atoms with E-state index in [1.165, 1.54) is 14.2 Å². The van der Waals surface area contributed by atoms with Crippen molar-refractivity contribution in [1.82, 2.24) is 10.2 Å². The fraction of sp³-hybridized carbons (Fsp3) is 0.526. The predicted octanol–water partition coefficient (Wildman–Crippen LogP) is 2.57. The van der Waals surface area contributed by atoms with E-state index in [0.717, 1.165) is 4.90 Å². The number of amides is 2. The van der Waals surface area contributed by atoms with E-state index in [1.54, 1.807) is 24.3 Å². The van der Waals surface area contributed by atoms with Crippen molar-refractivity contribution in [1.29, 1.82) is 0 Å². The van der Waals surface area contributed by atoms with Gasteiger partial charge in [0.05, 0.1) is 11.1 Å². The Morgan fingerprint density at radius 2 is 1.66 bits per heavy atom. The second-order valence-corrected chi connectivity index (χ2v) is 9.64. The van der Waals surface area contributed by atoms with Crippen LogP contribution in [-0.4, -0.2) is 60.4 Å². The minimum Gasteiger partial charge on any atom is -0.480 e. The van der Waals surface area contributed by atoms with Gasteiger partial charge in [0, 0.05) is 20.8 Å². The van der Waals surface area contributed by atoms with Crippen molar-refractivity contribution in [3.8, 4) is 0 Å². The molecular weight excluding hydrogens is 399 g/mol. The lowest BCUT2D eigenvalue weighted by Crippen LogP contribution is -2.46. The van der Waals surface area contributed by atoms with Gasteiger partial charge in [0.2, 0.25) is 0 Å². The first-order valence-corrected chi connectivity index (χ1v) is 10.9. The van der Waals surface area contributed by atoms with Crippen molar-refractivity contribution in [3.63, 3.8) is 0 Å². The van der Waals surface area contributed by atoms with Crippen LogP contribution in [-0.2, 0) is 18.4 Å². The number of benzene rings is 1. The Labute approximate surface area is 169 Å². The quantitative estimate of drug-likeness (QED) is 0.409. The number of hydrogen-bond donors (Lipinski definition) is 2. The number of carbonyl (C=O) groups is 3. The van der Waals surface area contributed by atoms with Gasteiger partial charge in [-0.25, -0.2) is 0 Å². The molecule has 1 aliphatic heterocycles. The van der Waals surface area contributed by atoms with Crippen LogP contribution < -0.4 is 5.32 Å². The van der Waals surface area contributed by atoms with E-state index in [0.29, 0.717) is 17.5 Å². The Morgan fingerprint density at radius 3 is 2.07 bits per heavy atom. The number of fused-ring (bicyclic) bond motifs is 1. The topological polar surface area (TPSA) is 122 Å². The monoisotopic (exact) mass is 426 g/mol. The molecule has 1 heterocycles. The first kappa shape index (κ1) is 23.2. The van der Waals surface area contributed by atoms with Crippen molar-refractivity contribution in [2.75, 3.05) is 20.8 Å². The van der Waals surface area contributed by atoms with E-state index in [2.05, 4.69) is 5.32 Å². The van der Waals surface area contributed by atoms with Crippen LogP contribution >= 0.6 is 7.60 Å². The van der Waals surface area contributed by atoms with E-state index in [4.69, 9.17) is 9.05 Å². The molecule has 0 aliphatic carbocycles. The van der Waals surface area contributed by atoms with Crippen LogP contribution in [0, 0.1) is 5.92 Å². The van der Waals surface area contributed by atoms with Gasteiger partial charge in [0.1, 0.15) is 11.8 Å². The first-order chi connectivity index (χ1) is 13.6. The van der Waals surface area contributed by atoms with E-state index >= 15 is 0 Å². The van der Waals surface area contributed by atoms with E-state index in [1.807, 2.05) is 13.8 Å². The zero-order valence-corrected chi connectivity index (χ0v) is 17.8. The molecule has 2 atom stereocenters. The van der Waals surface area contributed by atoms with Gasteiger partial charge in [-0.2, -0.15) is 0 Å². The van der Waals surface area contributed by atoms with Crippen LogP contribution in [0.3, 0.4) is 0 Å². The molecule has 0 aromatic heterocycles. The van der Waals surface area contributed by atoms with Gasteiger partial charge in [-0.05, 0) is 30.9 Å². The van der Waals surface area contributed by atoms with Gasteiger partial charge >= 0.3 is 13.6 Å². The number of carboxylic acid groups (broad SMARTS) is 1. The number of carboxylic acids is 1. The Hall–Kier alpha value is -2.06. The average Bonchev–Trinajstić information content (AvgIpc) is 2.94. The fourth-order valence-corrected chi connectivity index (χ4v) is 4.75. The molecule has 9 nitrogen and oxygen atoms in total. The second-order valence-electron chi connectivity index (χ2n) is 7.20. The average molecular weight is 426 g/mol. The molecule has 0 saturated carbocycles. The molecule has 0 fully saturated rings. The third-order valence-corrected chi connectivity index (χ3v) is 6.98. The Bertz CT molecular complexity index is 784. The third-order valence-electron chi connectivity index (χ3n) is 4.79. The fourth-order valence-electron chi connectivity index (χ4n) is 3.30. The summed E-state index contributed by atoms with van der Waals surface area (Å²) >= 11 is 0. The molecule has 0 radical (unpaired) electrons. The highest BCUT2D eigenvalue weighted by molar-refractivity contribution is 7.54. The predicted molar refractivity (Wildman–Crippen MR) is 106 cm³/mol. The lowest BCUT2D eigenvalue weighted by molar-refractivity contribution is -0.140. The molecule has 2 rings (SSSR count). The summed E-state index contributed by atoms with van der Waals surface area (Å²) in [5.41, 5.74) is 0.624. The lowest BCUT2D eigenvalue weighted by atomic mass is 10.0. The number of nitrogens with zero attached hydrogens (tertiary/aromatic N) is 1. The largest absolute Gasteiger partial charge is 0.480 e. The van der Waals surface area contributed by atoms with Gasteiger partial charge in [-0.1, -0.05) is 26.0 Å². The van der Waals surface area contributed by atoms with Crippen LogP contribution in [0.15, 0.2) is 24.3 Å². The van der Waals surface area contributed by atoms with Crippen molar-refractivity contribution >= 4 is 25.4 Å². The number of imide groups is 1. The smallest absolute Gasteiger partial charge is 0.346 e. The molecule has 0 saturated heterocycles. The van der Waals surface area contributed by atoms with Gasteiger partial charge in [-0.3, -0.25) is 29.2 Å². The molecule has 2 N–H and O–H groups in total. The Balaban J connectivity index is 2.21. The Morgan fingerprint density at radius 1 is 1.14 bits per heavy atom. The number of carbonyl (C=O) groups excluding carboxylic acids is 2. The van der Waals surface area contributed by atoms with Crippen molar-refractivity contribution in [3.05, 3.63) is 35.4 Å². The summed E-state index contributed by atoms with van der Waals surface area (Å²) in [5, 5.41) is 12.4. The highest BCUT2D eigenvalue weighted by Crippen LogP contribution is 2.52. The molecule has 29 heavy (non-hydrogen) atoms. The molecule has 0 spiro atoms. The summed E-state index contributed by atoms with van der Waals surface area (Å²) < 4.78 is 23.1. The van der Waals surface area contributed by atoms with Crippen LogP contribution in [0.5, 0.6) is 0 Å². The van der Waals surface area contributed by atoms with Gasteiger partial charge < -0.3 is 14.2 Å². The molecule has 1 aliphatic rings.